The minimum absolute atomic E-state index is 0.122. The standard InChI is InChI=1S/C10H13F2N3O/c1-5(2)8(9(13)16)15-10-7(12)3-6(11)4-14-10/h3-5,8H,1-2H3,(H2,13,16)(H,14,15). The first kappa shape index (κ1) is 12.4. The highest BCUT2D eigenvalue weighted by atomic mass is 19.1. The van der Waals surface area contributed by atoms with Crippen molar-refractivity contribution < 1.29 is 13.6 Å². The fraction of sp³-hybridized carbons (Fsp3) is 0.400. The van der Waals surface area contributed by atoms with Gasteiger partial charge in [0.25, 0.3) is 0 Å². The van der Waals surface area contributed by atoms with Gasteiger partial charge in [0.2, 0.25) is 5.91 Å². The Morgan fingerprint density at radius 3 is 2.56 bits per heavy atom. The molecular formula is C10H13F2N3O. The zero-order chi connectivity index (χ0) is 12.3. The molecule has 1 heterocycles. The molecule has 3 N–H and O–H groups in total. The largest absolute Gasteiger partial charge is 0.368 e. The smallest absolute Gasteiger partial charge is 0.240 e. The lowest BCUT2D eigenvalue weighted by atomic mass is 10.0. The maximum Gasteiger partial charge on any atom is 0.240 e. The van der Waals surface area contributed by atoms with Crippen molar-refractivity contribution in [3.63, 3.8) is 0 Å². The average Bonchev–Trinajstić information content (AvgIpc) is 2.15. The fourth-order valence-electron chi connectivity index (χ4n) is 1.23. The van der Waals surface area contributed by atoms with Crippen LogP contribution in [-0.2, 0) is 4.79 Å². The molecule has 0 bridgehead atoms. The number of hydrogen-bond donors (Lipinski definition) is 2. The van der Waals surface area contributed by atoms with Gasteiger partial charge in [-0.3, -0.25) is 4.79 Å². The van der Waals surface area contributed by atoms with E-state index in [2.05, 4.69) is 10.3 Å². The minimum Gasteiger partial charge on any atom is -0.368 e. The Balaban J connectivity index is 2.90. The monoisotopic (exact) mass is 229 g/mol. The number of primary amides is 1. The Bertz CT molecular complexity index is 396. The molecule has 0 aliphatic carbocycles. The molecule has 0 saturated carbocycles. The number of pyridine rings is 1. The number of carbonyl (C=O) groups is 1. The number of amides is 1. The average molecular weight is 229 g/mol. The first-order valence-corrected chi connectivity index (χ1v) is 4.78. The molecule has 0 aliphatic heterocycles. The first-order valence-electron chi connectivity index (χ1n) is 4.78. The molecule has 1 amide bonds. The van der Waals surface area contributed by atoms with Crippen LogP contribution in [0.1, 0.15) is 13.8 Å². The molecule has 16 heavy (non-hydrogen) atoms. The van der Waals surface area contributed by atoms with Crippen molar-refractivity contribution in [2.75, 3.05) is 5.32 Å². The normalized spacial score (nSPS) is 12.6. The third-order valence-electron chi connectivity index (χ3n) is 2.07. The lowest BCUT2D eigenvalue weighted by molar-refractivity contribution is -0.119. The van der Waals surface area contributed by atoms with Crippen LogP contribution in [-0.4, -0.2) is 16.9 Å². The van der Waals surface area contributed by atoms with Gasteiger partial charge in [-0.1, -0.05) is 13.8 Å². The summed E-state index contributed by atoms with van der Waals surface area (Å²) in [5.41, 5.74) is 5.14. The van der Waals surface area contributed by atoms with E-state index in [0.717, 1.165) is 6.20 Å². The van der Waals surface area contributed by atoms with E-state index in [1.165, 1.54) is 0 Å². The zero-order valence-electron chi connectivity index (χ0n) is 9.00. The lowest BCUT2D eigenvalue weighted by Crippen LogP contribution is -2.40. The molecule has 0 saturated heterocycles. The van der Waals surface area contributed by atoms with Gasteiger partial charge >= 0.3 is 0 Å². The number of carbonyl (C=O) groups excluding carboxylic acids is 1. The van der Waals surface area contributed by atoms with Crippen LogP contribution in [0.2, 0.25) is 0 Å². The summed E-state index contributed by atoms with van der Waals surface area (Å²) in [7, 11) is 0. The summed E-state index contributed by atoms with van der Waals surface area (Å²) in [6, 6.07) is -0.0549. The number of aromatic nitrogens is 1. The summed E-state index contributed by atoms with van der Waals surface area (Å²) in [6.07, 6.45) is 0.865. The molecule has 0 spiro atoms. The van der Waals surface area contributed by atoms with Gasteiger partial charge in [0, 0.05) is 6.07 Å². The van der Waals surface area contributed by atoms with E-state index >= 15 is 0 Å². The molecule has 88 valence electrons. The van der Waals surface area contributed by atoms with Gasteiger partial charge in [-0.05, 0) is 5.92 Å². The van der Waals surface area contributed by atoms with Gasteiger partial charge in [0.1, 0.15) is 11.9 Å². The van der Waals surface area contributed by atoms with Crippen LogP contribution < -0.4 is 11.1 Å². The number of halogens is 2. The van der Waals surface area contributed by atoms with Crippen LogP contribution in [0.15, 0.2) is 12.3 Å². The topological polar surface area (TPSA) is 68.0 Å². The molecule has 6 heteroatoms. The zero-order valence-corrected chi connectivity index (χ0v) is 9.00. The van der Waals surface area contributed by atoms with Crippen LogP contribution in [0.4, 0.5) is 14.6 Å². The summed E-state index contributed by atoms with van der Waals surface area (Å²) in [5, 5.41) is 2.55. The lowest BCUT2D eigenvalue weighted by Gasteiger charge is -2.19. The molecule has 0 aromatic carbocycles. The van der Waals surface area contributed by atoms with Gasteiger partial charge in [0.05, 0.1) is 6.20 Å². The van der Waals surface area contributed by atoms with E-state index in [-0.39, 0.29) is 11.7 Å². The molecule has 1 unspecified atom stereocenters. The molecule has 0 aliphatic rings. The molecule has 1 aromatic heterocycles. The van der Waals surface area contributed by atoms with Crippen LogP contribution in [0, 0.1) is 17.6 Å². The maximum absolute atomic E-state index is 13.2. The highest BCUT2D eigenvalue weighted by Gasteiger charge is 2.21. The molecule has 1 aromatic rings. The number of nitrogens with one attached hydrogen (secondary N) is 1. The molecule has 0 radical (unpaired) electrons. The molecular weight excluding hydrogens is 216 g/mol. The Labute approximate surface area is 91.9 Å². The minimum atomic E-state index is -0.855. The summed E-state index contributed by atoms with van der Waals surface area (Å²) < 4.78 is 25.8. The summed E-state index contributed by atoms with van der Waals surface area (Å²) in [6.45, 7) is 3.51. The second-order valence-electron chi connectivity index (χ2n) is 3.75. The maximum atomic E-state index is 13.2. The van der Waals surface area contributed by atoms with Crippen LogP contribution >= 0.6 is 0 Å². The van der Waals surface area contributed by atoms with Crippen molar-refractivity contribution in [3.8, 4) is 0 Å². The Kier molecular flexibility index (Phi) is 3.76. The van der Waals surface area contributed by atoms with E-state index in [0.29, 0.717) is 6.07 Å². The fourth-order valence-corrected chi connectivity index (χ4v) is 1.23. The van der Waals surface area contributed by atoms with Crippen molar-refractivity contribution in [3.05, 3.63) is 23.9 Å². The van der Waals surface area contributed by atoms with E-state index in [1.54, 1.807) is 13.8 Å². The van der Waals surface area contributed by atoms with Gasteiger partial charge in [-0.25, -0.2) is 13.8 Å². The first-order chi connectivity index (χ1) is 7.41. The van der Waals surface area contributed by atoms with Crippen molar-refractivity contribution in [2.24, 2.45) is 11.7 Å². The predicted octanol–water partition coefficient (Wildman–Crippen LogP) is 1.28. The Morgan fingerprint density at radius 2 is 2.12 bits per heavy atom. The number of rotatable bonds is 4. The van der Waals surface area contributed by atoms with Crippen LogP contribution in [0.3, 0.4) is 0 Å². The van der Waals surface area contributed by atoms with Crippen molar-refractivity contribution >= 4 is 11.7 Å². The second kappa shape index (κ2) is 4.87. The summed E-state index contributed by atoms with van der Waals surface area (Å²) in [4.78, 5) is 14.6. The number of nitrogens with two attached hydrogens (primary N) is 1. The van der Waals surface area contributed by atoms with Crippen molar-refractivity contribution in [1.29, 1.82) is 0 Å². The third-order valence-corrected chi connectivity index (χ3v) is 2.07. The van der Waals surface area contributed by atoms with E-state index < -0.39 is 23.6 Å². The number of hydrogen-bond acceptors (Lipinski definition) is 3. The Morgan fingerprint density at radius 1 is 1.50 bits per heavy atom. The van der Waals surface area contributed by atoms with Crippen molar-refractivity contribution in [2.45, 2.75) is 19.9 Å². The van der Waals surface area contributed by atoms with Crippen molar-refractivity contribution in [1.82, 2.24) is 4.98 Å². The number of nitrogens with zero attached hydrogens (tertiary/aromatic N) is 1. The molecule has 1 rings (SSSR count). The Hall–Kier alpha value is -1.72. The van der Waals surface area contributed by atoms with Crippen LogP contribution in [0.5, 0.6) is 0 Å². The summed E-state index contributed by atoms with van der Waals surface area (Å²) in [5.74, 6) is -2.54. The quantitative estimate of drug-likeness (QED) is 0.817. The van der Waals surface area contributed by atoms with Gasteiger partial charge in [-0.2, -0.15) is 0 Å². The van der Waals surface area contributed by atoms with Gasteiger partial charge in [0.15, 0.2) is 11.6 Å². The highest BCUT2D eigenvalue weighted by molar-refractivity contribution is 5.82. The molecule has 0 fully saturated rings. The van der Waals surface area contributed by atoms with E-state index in [9.17, 15) is 13.6 Å². The van der Waals surface area contributed by atoms with E-state index in [4.69, 9.17) is 5.73 Å². The summed E-state index contributed by atoms with van der Waals surface area (Å²) >= 11 is 0. The highest BCUT2D eigenvalue weighted by Crippen LogP contribution is 2.14. The molecule has 1 atom stereocenters. The van der Waals surface area contributed by atoms with Gasteiger partial charge < -0.3 is 11.1 Å². The molecule has 4 nitrogen and oxygen atoms in total. The number of anilines is 1. The van der Waals surface area contributed by atoms with E-state index in [1.807, 2.05) is 0 Å². The SMILES string of the molecule is CC(C)C(Nc1ncc(F)cc1F)C(N)=O. The predicted molar refractivity (Wildman–Crippen MR) is 55.6 cm³/mol. The van der Waals surface area contributed by atoms with Gasteiger partial charge in [-0.15, -0.1) is 0 Å². The third kappa shape index (κ3) is 2.88. The second-order valence-corrected chi connectivity index (χ2v) is 3.75. The van der Waals surface area contributed by atoms with Crippen LogP contribution in [0.25, 0.3) is 0 Å².